The number of benzene rings is 2. The second-order valence-corrected chi connectivity index (χ2v) is 5.65. The molecule has 0 N–H and O–H groups in total. The fraction of sp³-hybridized carbons (Fsp3) is 0.200. The molecule has 0 aliphatic heterocycles. The van der Waals surface area contributed by atoms with Gasteiger partial charge in [0.1, 0.15) is 12.3 Å². The molecule has 0 radical (unpaired) electrons. The molecule has 0 heterocycles. The smallest absolute Gasteiger partial charge is 0.251 e. The van der Waals surface area contributed by atoms with Crippen LogP contribution in [-0.2, 0) is 9.59 Å². The number of likely N-dealkylation sites (N-methyl/N-ethyl adjacent to an activating group) is 1. The van der Waals surface area contributed by atoms with Crippen LogP contribution in [0.2, 0.25) is 0 Å². The third kappa shape index (κ3) is 5.21. The molecule has 0 aliphatic carbocycles. The van der Waals surface area contributed by atoms with Gasteiger partial charge < -0.3 is 9.64 Å². The molecule has 0 unspecified atom stereocenters. The lowest BCUT2D eigenvalue weighted by atomic mass is 10.2. The van der Waals surface area contributed by atoms with Gasteiger partial charge in [0.15, 0.2) is 0 Å². The van der Waals surface area contributed by atoms with Crippen LogP contribution < -0.4 is 9.64 Å². The highest BCUT2D eigenvalue weighted by Gasteiger charge is 2.18. The number of carbonyl (C=O) groups excluding carboxylic acids is 2. The Kier molecular flexibility index (Phi) is 6.34. The van der Waals surface area contributed by atoms with Crippen molar-refractivity contribution in [2.75, 3.05) is 32.6 Å². The van der Waals surface area contributed by atoms with Gasteiger partial charge in [0.2, 0.25) is 5.91 Å². The molecule has 130 valence electrons. The van der Waals surface area contributed by atoms with Gasteiger partial charge in [0.05, 0.1) is 7.11 Å². The molecular weight excluding hydrogens is 316 g/mol. The van der Waals surface area contributed by atoms with E-state index in [-0.39, 0.29) is 18.4 Å². The molecule has 0 bridgehead atoms. The van der Waals surface area contributed by atoms with Crippen molar-refractivity contribution in [3.8, 4) is 5.75 Å². The molecule has 25 heavy (non-hydrogen) atoms. The van der Waals surface area contributed by atoms with Crippen LogP contribution in [0.5, 0.6) is 5.75 Å². The van der Waals surface area contributed by atoms with Crippen molar-refractivity contribution >= 4 is 23.6 Å². The van der Waals surface area contributed by atoms with Crippen molar-refractivity contribution in [2.24, 2.45) is 0 Å². The van der Waals surface area contributed by atoms with E-state index in [2.05, 4.69) is 0 Å². The van der Waals surface area contributed by atoms with Crippen LogP contribution in [0.25, 0.3) is 6.08 Å². The van der Waals surface area contributed by atoms with Crippen molar-refractivity contribution < 1.29 is 14.3 Å². The molecule has 2 rings (SSSR count). The first-order valence-corrected chi connectivity index (χ1v) is 7.90. The van der Waals surface area contributed by atoms with Crippen molar-refractivity contribution in [1.29, 1.82) is 0 Å². The summed E-state index contributed by atoms with van der Waals surface area (Å²) in [5.74, 6) is 0.359. The van der Waals surface area contributed by atoms with E-state index in [1.807, 2.05) is 54.6 Å². The summed E-state index contributed by atoms with van der Waals surface area (Å²) < 4.78 is 5.12. The van der Waals surface area contributed by atoms with Gasteiger partial charge in [-0.1, -0.05) is 30.3 Å². The molecular formula is C20H22N2O3. The Bertz CT molecular complexity index is 737. The second kappa shape index (κ2) is 8.68. The van der Waals surface area contributed by atoms with Crippen LogP contribution in [0.3, 0.4) is 0 Å². The summed E-state index contributed by atoms with van der Waals surface area (Å²) in [5, 5.41) is 0. The average molecular weight is 338 g/mol. The minimum absolute atomic E-state index is 0.0111. The van der Waals surface area contributed by atoms with E-state index < -0.39 is 0 Å². The summed E-state index contributed by atoms with van der Waals surface area (Å²) in [6.07, 6.45) is 3.19. The minimum atomic E-state index is -0.253. The molecule has 0 aromatic heterocycles. The van der Waals surface area contributed by atoms with Crippen molar-refractivity contribution in [1.82, 2.24) is 4.90 Å². The molecule has 2 aromatic rings. The number of hydrogen-bond donors (Lipinski definition) is 0. The zero-order chi connectivity index (χ0) is 18.2. The van der Waals surface area contributed by atoms with Gasteiger partial charge in [0.25, 0.3) is 5.91 Å². The van der Waals surface area contributed by atoms with Gasteiger partial charge in [0, 0.05) is 25.9 Å². The first-order chi connectivity index (χ1) is 12.0. The van der Waals surface area contributed by atoms with Crippen LogP contribution >= 0.6 is 0 Å². The molecule has 5 heteroatoms. The topological polar surface area (TPSA) is 49.9 Å². The van der Waals surface area contributed by atoms with E-state index in [1.54, 1.807) is 27.3 Å². The van der Waals surface area contributed by atoms with Gasteiger partial charge in [-0.25, -0.2) is 0 Å². The van der Waals surface area contributed by atoms with E-state index in [9.17, 15) is 9.59 Å². The fourth-order valence-corrected chi connectivity index (χ4v) is 2.15. The van der Waals surface area contributed by atoms with Crippen molar-refractivity contribution in [3.05, 3.63) is 66.2 Å². The zero-order valence-corrected chi connectivity index (χ0v) is 14.7. The number of ether oxygens (including phenoxy) is 1. The Labute approximate surface area is 148 Å². The second-order valence-electron chi connectivity index (χ2n) is 5.65. The van der Waals surface area contributed by atoms with Gasteiger partial charge in [-0.2, -0.15) is 0 Å². The maximum atomic E-state index is 12.6. The number of anilines is 1. The zero-order valence-electron chi connectivity index (χ0n) is 14.7. The van der Waals surface area contributed by atoms with Crippen LogP contribution in [0, 0.1) is 0 Å². The summed E-state index contributed by atoms with van der Waals surface area (Å²) in [7, 11) is 4.94. The summed E-state index contributed by atoms with van der Waals surface area (Å²) >= 11 is 0. The Hall–Kier alpha value is -3.08. The lowest BCUT2D eigenvalue weighted by Crippen LogP contribution is -2.39. The van der Waals surface area contributed by atoms with E-state index >= 15 is 0 Å². The van der Waals surface area contributed by atoms with Crippen LogP contribution in [0.1, 0.15) is 5.56 Å². The highest BCUT2D eigenvalue weighted by Crippen LogP contribution is 2.16. The number of amides is 2. The summed E-state index contributed by atoms with van der Waals surface area (Å²) in [5.41, 5.74) is 1.56. The van der Waals surface area contributed by atoms with Crippen molar-refractivity contribution in [2.45, 2.75) is 0 Å². The summed E-state index contributed by atoms with van der Waals surface area (Å²) in [6, 6.07) is 16.5. The standard InChI is InChI=1S/C20H22N2O3/c1-21(2)20(24)15-22(17-7-5-4-6-8-17)19(23)14-11-16-9-12-18(25-3)13-10-16/h4-14H,15H2,1-3H3. The maximum absolute atomic E-state index is 12.6. The molecule has 0 spiro atoms. The highest BCUT2D eigenvalue weighted by molar-refractivity contribution is 6.06. The number of methoxy groups -OCH3 is 1. The first-order valence-electron chi connectivity index (χ1n) is 7.90. The van der Waals surface area contributed by atoms with Gasteiger partial charge in [-0.15, -0.1) is 0 Å². The molecule has 0 saturated heterocycles. The third-order valence-corrected chi connectivity index (χ3v) is 3.66. The molecule has 0 aliphatic rings. The molecule has 0 fully saturated rings. The van der Waals surface area contributed by atoms with Crippen LogP contribution in [0.4, 0.5) is 5.69 Å². The third-order valence-electron chi connectivity index (χ3n) is 3.66. The van der Waals surface area contributed by atoms with E-state index in [0.29, 0.717) is 5.69 Å². The maximum Gasteiger partial charge on any atom is 0.251 e. The van der Waals surface area contributed by atoms with E-state index in [0.717, 1.165) is 11.3 Å². The molecule has 2 amide bonds. The Morgan fingerprint density at radius 1 is 1.00 bits per heavy atom. The van der Waals surface area contributed by atoms with Crippen LogP contribution in [0.15, 0.2) is 60.7 Å². The van der Waals surface area contributed by atoms with Gasteiger partial charge in [-0.3, -0.25) is 14.5 Å². The number of carbonyl (C=O) groups is 2. The predicted molar refractivity (Wildman–Crippen MR) is 99.5 cm³/mol. The number of hydrogen-bond acceptors (Lipinski definition) is 3. The lowest BCUT2D eigenvalue weighted by molar-refractivity contribution is -0.128. The first kappa shape index (κ1) is 18.3. The SMILES string of the molecule is COc1ccc(C=CC(=O)N(CC(=O)N(C)C)c2ccccc2)cc1. The molecule has 2 aromatic carbocycles. The fourth-order valence-electron chi connectivity index (χ4n) is 2.15. The molecule has 0 atom stereocenters. The van der Waals surface area contributed by atoms with Crippen LogP contribution in [-0.4, -0.2) is 44.5 Å². The summed E-state index contributed by atoms with van der Waals surface area (Å²) in [4.78, 5) is 27.6. The Morgan fingerprint density at radius 2 is 1.64 bits per heavy atom. The lowest BCUT2D eigenvalue weighted by Gasteiger charge is -2.22. The number of rotatable bonds is 6. The highest BCUT2D eigenvalue weighted by atomic mass is 16.5. The summed E-state index contributed by atoms with van der Waals surface area (Å²) in [6.45, 7) is -0.0111. The molecule has 0 saturated carbocycles. The normalized spacial score (nSPS) is 10.5. The van der Waals surface area contributed by atoms with Gasteiger partial charge in [-0.05, 0) is 35.9 Å². The predicted octanol–water partition coefficient (Wildman–Crippen LogP) is 2.83. The monoisotopic (exact) mass is 338 g/mol. The Morgan fingerprint density at radius 3 is 2.20 bits per heavy atom. The van der Waals surface area contributed by atoms with E-state index in [4.69, 9.17) is 4.74 Å². The van der Waals surface area contributed by atoms with Gasteiger partial charge >= 0.3 is 0 Å². The number of nitrogens with zero attached hydrogens (tertiary/aromatic N) is 2. The largest absolute Gasteiger partial charge is 0.497 e. The quantitative estimate of drug-likeness (QED) is 0.761. The number of para-hydroxylation sites is 1. The molecule has 5 nitrogen and oxygen atoms in total. The van der Waals surface area contributed by atoms with E-state index in [1.165, 1.54) is 15.9 Å². The Balaban J connectivity index is 2.19. The average Bonchev–Trinajstić information content (AvgIpc) is 2.65. The van der Waals surface area contributed by atoms with Crippen molar-refractivity contribution in [3.63, 3.8) is 0 Å². The minimum Gasteiger partial charge on any atom is -0.497 e.